The zero-order valence-electron chi connectivity index (χ0n) is 8.40. The van der Waals surface area contributed by atoms with Gasteiger partial charge in [-0.3, -0.25) is 0 Å². The van der Waals surface area contributed by atoms with Crippen LogP contribution in [0.15, 0.2) is 54.6 Å². The van der Waals surface area contributed by atoms with Gasteiger partial charge in [-0.1, -0.05) is 60.2 Å². The van der Waals surface area contributed by atoms with Crippen molar-refractivity contribution in [3.05, 3.63) is 60.2 Å². The minimum absolute atomic E-state index is 0.356. The molecule has 2 aromatic carbocycles. The standard InChI is InChI=1S/C13H12/c1-11-7-9-13(10-8-11)12-5-3-2-4-6-12/h2-10H,1H3/i1D. The first kappa shape index (κ1) is 6.90. The van der Waals surface area contributed by atoms with Crippen LogP contribution in [0.4, 0.5) is 0 Å². The highest BCUT2D eigenvalue weighted by Gasteiger charge is 1.93. The topological polar surface area (TPSA) is 0 Å². The predicted octanol–water partition coefficient (Wildman–Crippen LogP) is 3.66. The van der Waals surface area contributed by atoms with Crippen molar-refractivity contribution >= 4 is 0 Å². The molecule has 0 fully saturated rings. The van der Waals surface area contributed by atoms with E-state index < -0.39 is 0 Å². The first-order valence-corrected chi connectivity index (χ1v) is 4.34. The second-order valence-electron chi connectivity index (χ2n) is 3.06. The maximum absolute atomic E-state index is 7.22. The molecule has 13 heavy (non-hydrogen) atoms. The summed E-state index contributed by atoms with van der Waals surface area (Å²) in [6.45, 7) is 0.356. The Morgan fingerprint density at radius 1 is 0.769 bits per heavy atom. The monoisotopic (exact) mass is 169 g/mol. The van der Waals surface area contributed by atoms with Crippen molar-refractivity contribution in [3.63, 3.8) is 0 Å². The van der Waals surface area contributed by atoms with Gasteiger partial charge in [-0.25, -0.2) is 0 Å². The molecule has 0 aromatic heterocycles. The average Bonchev–Trinajstić information content (AvgIpc) is 2.30. The zero-order chi connectivity index (χ0) is 9.80. The van der Waals surface area contributed by atoms with Crippen molar-refractivity contribution in [2.75, 3.05) is 0 Å². The van der Waals surface area contributed by atoms with Crippen LogP contribution >= 0.6 is 0 Å². The Kier molecular flexibility index (Phi) is 1.83. The van der Waals surface area contributed by atoms with Crippen molar-refractivity contribution in [1.29, 1.82) is 0 Å². The van der Waals surface area contributed by atoms with E-state index in [0.29, 0.717) is 6.90 Å². The molecular formula is C13H12. The zero-order valence-corrected chi connectivity index (χ0v) is 7.40. The molecular weight excluding hydrogens is 156 g/mol. The van der Waals surface area contributed by atoms with Crippen LogP contribution in [0, 0.1) is 6.90 Å². The second kappa shape index (κ2) is 3.44. The molecule has 0 nitrogen and oxygen atoms in total. The minimum atomic E-state index is 0.356. The summed E-state index contributed by atoms with van der Waals surface area (Å²) in [5.74, 6) is 0. The van der Waals surface area contributed by atoms with Gasteiger partial charge in [0.1, 0.15) is 0 Å². The summed E-state index contributed by atoms with van der Waals surface area (Å²) in [4.78, 5) is 0. The second-order valence-corrected chi connectivity index (χ2v) is 3.06. The molecule has 0 bridgehead atoms. The Hall–Kier alpha value is -1.56. The summed E-state index contributed by atoms with van der Waals surface area (Å²) in [5, 5.41) is 0. The van der Waals surface area contributed by atoms with Crippen LogP contribution in [-0.2, 0) is 0 Å². The van der Waals surface area contributed by atoms with Gasteiger partial charge in [-0.05, 0) is 18.0 Å². The molecule has 0 saturated carbocycles. The maximum atomic E-state index is 7.22. The molecule has 0 heterocycles. The summed E-state index contributed by atoms with van der Waals surface area (Å²) < 4.78 is 7.22. The van der Waals surface area contributed by atoms with Crippen LogP contribution in [0.1, 0.15) is 6.93 Å². The molecule has 0 atom stereocenters. The van der Waals surface area contributed by atoms with Gasteiger partial charge in [0, 0.05) is 1.37 Å². The number of hydrogen-bond acceptors (Lipinski definition) is 0. The van der Waals surface area contributed by atoms with Gasteiger partial charge in [-0.15, -0.1) is 0 Å². The largest absolute Gasteiger partial charge is 0.0622 e. The maximum Gasteiger partial charge on any atom is 0.0280 e. The Labute approximate surface area is 80.3 Å². The first-order chi connectivity index (χ1) is 6.90. The lowest BCUT2D eigenvalue weighted by molar-refractivity contribution is 1.47. The Morgan fingerprint density at radius 3 is 2.00 bits per heavy atom. The van der Waals surface area contributed by atoms with E-state index >= 15 is 0 Å². The predicted molar refractivity (Wildman–Crippen MR) is 56.6 cm³/mol. The first-order valence-electron chi connectivity index (χ1n) is 5.04. The molecule has 64 valence electrons. The fourth-order valence-corrected chi connectivity index (χ4v) is 1.33. The molecule has 0 spiro atoms. The lowest BCUT2D eigenvalue weighted by Gasteiger charge is -2.00. The third kappa shape index (κ3) is 1.78. The van der Waals surface area contributed by atoms with Crippen LogP contribution in [0.3, 0.4) is 0 Å². The SMILES string of the molecule is [2H]Cc1ccc(-c2ccccc2)cc1. The van der Waals surface area contributed by atoms with Gasteiger partial charge in [0.05, 0.1) is 0 Å². The van der Waals surface area contributed by atoms with E-state index in [1.165, 1.54) is 11.1 Å². The summed E-state index contributed by atoms with van der Waals surface area (Å²) in [6.07, 6.45) is 0. The number of hydrogen-bond donors (Lipinski definition) is 0. The highest BCUT2D eigenvalue weighted by Crippen LogP contribution is 2.18. The van der Waals surface area contributed by atoms with Crippen LogP contribution in [0.5, 0.6) is 0 Å². The summed E-state index contributed by atoms with van der Waals surface area (Å²) >= 11 is 0. The van der Waals surface area contributed by atoms with E-state index in [1.807, 2.05) is 30.3 Å². The van der Waals surface area contributed by atoms with Crippen molar-refractivity contribution in [3.8, 4) is 11.1 Å². The van der Waals surface area contributed by atoms with Gasteiger partial charge in [0.2, 0.25) is 0 Å². The lowest BCUT2D eigenvalue weighted by Crippen LogP contribution is -1.76. The van der Waals surface area contributed by atoms with E-state index in [4.69, 9.17) is 1.37 Å². The molecule has 0 aliphatic rings. The van der Waals surface area contributed by atoms with Gasteiger partial charge in [-0.2, -0.15) is 0 Å². The number of benzene rings is 2. The van der Waals surface area contributed by atoms with Crippen LogP contribution < -0.4 is 0 Å². The smallest absolute Gasteiger partial charge is 0.0280 e. The van der Waals surface area contributed by atoms with E-state index in [2.05, 4.69) is 24.3 Å². The molecule has 0 aliphatic carbocycles. The van der Waals surface area contributed by atoms with Crippen molar-refractivity contribution in [1.82, 2.24) is 0 Å². The molecule has 0 heteroatoms. The molecule has 0 unspecified atom stereocenters. The van der Waals surface area contributed by atoms with E-state index in [1.54, 1.807) is 0 Å². The van der Waals surface area contributed by atoms with Gasteiger partial charge >= 0.3 is 0 Å². The Bertz CT molecular complexity index is 389. The highest BCUT2D eigenvalue weighted by atomic mass is 14.0. The fraction of sp³-hybridized carbons (Fsp3) is 0.0769. The lowest BCUT2D eigenvalue weighted by atomic mass is 10.0. The van der Waals surface area contributed by atoms with Crippen molar-refractivity contribution < 1.29 is 1.37 Å². The van der Waals surface area contributed by atoms with Gasteiger partial charge in [0.25, 0.3) is 0 Å². The molecule has 2 rings (SSSR count). The van der Waals surface area contributed by atoms with Gasteiger partial charge in [0.15, 0.2) is 0 Å². The summed E-state index contributed by atoms with van der Waals surface area (Å²) in [7, 11) is 0. The number of rotatable bonds is 1. The van der Waals surface area contributed by atoms with E-state index in [-0.39, 0.29) is 0 Å². The highest BCUT2D eigenvalue weighted by molar-refractivity contribution is 5.63. The molecule has 2 aromatic rings. The van der Waals surface area contributed by atoms with E-state index in [0.717, 1.165) is 5.56 Å². The van der Waals surface area contributed by atoms with Crippen LogP contribution in [0.25, 0.3) is 11.1 Å². The number of aryl methyl sites for hydroxylation is 1. The Morgan fingerprint density at radius 2 is 1.38 bits per heavy atom. The van der Waals surface area contributed by atoms with Crippen molar-refractivity contribution in [2.45, 2.75) is 6.90 Å². The Balaban J connectivity index is 2.34. The molecule has 0 radical (unpaired) electrons. The quantitative estimate of drug-likeness (QED) is 0.611. The van der Waals surface area contributed by atoms with E-state index in [9.17, 15) is 0 Å². The molecule has 0 amide bonds. The molecule has 0 aliphatic heterocycles. The van der Waals surface area contributed by atoms with Crippen LogP contribution in [0.2, 0.25) is 0 Å². The molecule has 0 N–H and O–H groups in total. The average molecular weight is 169 g/mol. The summed E-state index contributed by atoms with van der Waals surface area (Å²) in [5.41, 5.74) is 3.50. The van der Waals surface area contributed by atoms with Crippen molar-refractivity contribution in [2.24, 2.45) is 0 Å². The summed E-state index contributed by atoms with van der Waals surface area (Å²) in [6, 6.07) is 18.4. The normalized spacial score (nSPS) is 10.9. The minimum Gasteiger partial charge on any atom is -0.0622 e. The molecule has 0 saturated heterocycles. The van der Waals surface area contributed by atoms with Crippen LogP contribution in [-0.4, -0.2) is 0 Å². The van der Waals surface area contributed by atoms with Gasteiger partial charge < -0.3 is 0 Å². The third-order valence-corrected chi connectivity index (χ3v) is 2.06. The fourth-order valence-electron chi connectivity index (χ4n) is 1.33. The third-order valence-electron chi connectivity index (χ3n) is 2.06.